The van der Waals surface area contributed by atoms with Crippen LogP contribution < -0.4 is 5.32 Å². The van der Waals surface area contributed by atoms with E-state index >= 15 is 0 Å². The Hall–Kier alpha value is -2.14. The Kier molecular flexibility index (Phi) is 5.70. The fourth-order valence-electron chi connectivity index (χ4n) is 4.02. The van der Waals surface area contributed by atoms with Gasteiger partial charge in [-0.25, -0.2) is 4.79 Å². The predicted octanol–water partition coefficient (Wildman–Crippen LogP) is 6.02. The first-order valence-electron chi connectivity index (χ1n) is 9.48. The van der Waals surface area contributed by atoms with E-state index in [0.717, 1.165) is 31.2 Å². The Balaban J connectivity index is 1.78. The maximum absolute atomic E-state index is 12.4. The average Bonchev–Trinajstić information content (AvgIpc) is 3.05. The lowest BCUT2D eigenvalue weighted by atomic mass is 9.68. The molecule has 0 atom stereocenters. The normalized spacial score (nSPS) is 20.3. The van der Waals surface area contributed by atoms with Gasteiger partial charge in [0.1, 0.15) is 5.00 Å². The molecule has 1 aromatic carbocycles. The average molecular weight is 386 g/mol. The number of nitrogens with one attached hydrogen (secondary N) is 1. The van der Waals surface area contributed by atoms with Crippen molar-refractivity contribution in [2.45, 2.75) is 52.4 Å². The number of thiophene rings is 1. The summed E-state index contributed by atoms with van der Waals surface area (Å²) in [6.07, 6.45) is 4.25. The number of rotatable bonds is 4. The van der Waals surface area contributed by atoms with Crippen molar-refractivity contribution in [3.63, 3.8) is 0 Å². The summed E-state index contributed by atoms with van der Waals surface area (Å²) in [5, 5.41) is 14.9. The molecule has 5 heteroatoms. The van der Waals surface area contributed by atoms with E-state index in [0.29, 0.717) is 21.9 Å². The molecular formula is C22H27NO3S. The number of carbonyl (C=O) groups excluding carboxylic acids is 1. The van der Waals surface area contributed by atoms with Crippen LogP contribution in [0.3, 0.4) is 0 Å². The summed E-state index contributed by atoms with van der Waals surface area (Å²) >= 11 is 1.31. The molecular weight excluding hydrogens is 358 g/mol. The molecule has 27 heavy (non-hydrogen) atoms. The van der Waals surface area contributed by atoms with Gasteiger partial charge < -0.3 is 10.4 Å². The predicted molar refractivity (Wildman–Crippen MR) is 110 cm³/mol. The van der Waals surface area contributed by atoms with E-state index in [1.807, 2.05) is 11.4 Å². The Morgan fingerprint density at radius 3 is 2.26 bits per heavy atom. The topological polar surface area (TPSA) is 66.4 Å². The summed E-state index contributed by atoms with van der Waals surface area (Å²) in [4.78, 5) is 24.4. The Labute approximate surface area is 164 Å². The lowest BCUT2D eigenvalue weighted by Crippen LogP contribution is -2.25. The third-order valence-electron chi connectivity index (χ3n) is 5.69. The van der Waals surface area contributed by atoms with Crippen molar-refractivity contribution < 1.29 is 14.7 Å². The Morgan fingerprint density at radius 1 is 1.07 bits per heavy atom. The van der Waals surface area contributed by atoms with Crippen LogP contribution in [0.4, 0.5) is 5.00 Å². The number of benzene rings is 1. The number of hydrogen-bond donors (Lipinski definition) is 2. The van der Waals surface area contributed by atoms with E-state index in [-0.39, 0.29) is 17.4 Å². The first-order valence-corrected chi connectivity index (χ1v) is 10.4. The number of aromatic carboxylic acids is 1. The molecule has 144 valence electrons. The summed E-state index contributed by atoms with van der Waals surface area (Å²) in [6, 6.07) is 8.87. The minimum Gasteiger partial charge on any atom is -0.478 e. The molecule has 1 fully saturated rings. The molecule has 2 N–H and O–H groups in total. The Morgan fingerprint density at radius 2 is 1.70 bits per heavy atom. The van der Waals surface area contributed by atoms with E-state index in [1.54, 1.807) is 24.3 Å². The van der Waals surface area contributed by atoms with Gasteiger partial charge in [0.05, 0.1) is 5.56 Å². The molecule has 1 aromatic heterocycles. The first kappa shape index (κ1) is 19.6. The van der Waals surface area contributed by atoms with Crippen LogP contribution in [0.15, 0.2) is 35.7 Å². The van der Waals surface area contributed by atoms with Crippen molar-refractivity contribution in [1.29, 1.82) is 0 Å². The zero-order chi connectivity index (χ0) is 19.6. The molecule has 0 radical (unpaired) electrons. The molecule has 0 saturated heterocycles. The standard InChI is InChI=1S/C22H27NO3S/c1-22(2,3)16-11-9-14(10-12-16)17-13-27-20(18(17)21(25)26)23-19(24)15-7-5-4-6-8-15/h4-8,13-14,16H,9-12H2,1-3H3,(H,23,24)(H,25,26). The van der Waals surface area contributed by atoms with Crippen molar-refractivity contribution >= 4 is 28.2 Å². The number of carbonyl (C=O) groups is 2. The smallest absolute Gasteiger partial charge is 0.339 e. The van der Waals surface area contributed by atoms with Crippen LogP contribution in [0.1, 0.15) is 78.7 Å². The number of amides is 1. The summed E-state index contributed by atoms with van der Waals surface area (Å²) in [5.74, 6) is -0.304. The highest BCUT2D eigenvalue weighted by Crippen LogP contribution is 2.46. The summed E-state index contributed by atoms with van der Waals surface area (Å²) in [5.41, 5.74) is 1.96. The van der Waals surface area contributed by atoms with Gasteiger partial charge in [0, 0.05) is 5.56 Å². The highest BCUT2D eigenvalue weighted by Gasteiger charge is 2.33. The number of carboxylic acids is 1. The SMILES string of the molecule is CC(C)(C)C1CCC(c2csc(NC(=O)c3ccccc3)c2C(=O)O)CC1. The van der Waals surface area contributed by atoms with Crippen molar-refractivity contribution in [2.24, 2.45) is 11.3 Å². The lowest BCUT2D eigenvalue weighted by molar-refractivity contribution is 0.0695. The second-order valence-corrected chi connectivity index (χ2v) is 9.31. The van der Waals surface area contributed by atoms with Crippen molar-refractivity contribution in [2.75, 3.05) is 5.32 Å². The Bertz CT molecular complexity index is 812. The minimum atomic E-state index is -0.965. The fourth-order valence-corrected chi connectivity index (χ4v) is 5.05. The van der Waals surface area contributed by atoms with Crippen LogP contribution in [0.2, 0.25) is 0 Å². The van der Waals surface area contributed by atoms with Gasteiger partial charge in [-0.2, -0.15) is 0 Å². The van der Waals surface area contributed by atoms with Gasteiger partial charge in [-0.1, -0.05) is 39.0 Å². The maximum atomic E-state index is 12.4. The van der Waals surface area contributed by atoms with Gasteiger partial charge in [0.2, 0.25) is 0 Å². The van der Waals surface area contributed by atoms with Gasteiger partial charge in [0.25, 0.3) is 5.91 Å². The zero-order valence-electron chi connectivity index (χ0n) is 16.1. The van der Waals surface area contributed by atoms with Crippen molar-refractivity contribution in [3.05, 3.63) is 52.4 Å². The molecule has 1 heterocycles. The van der Waals surface area contributed by atoms with E-state index in [2.05, 4.69) is 26.1 Å². The van der Waals surface area contributed by atoms with E-state index in [9.17, 15) is 14.7 Å². The molecule has 0 spiro atoms. The van der Waals surface area contributed by atoms with Crippen LogP contribution in [0.5, 0.6) is 0 Å². The van der Waals surface area contributed by atoms with Gasteiger partial charge in [-0.3, -0.25) is 4.79 Å². The van der Waals surface area contributed by atoms with Gasteiger partial charge in [-0.05, 0) is 66.0 Å². The highest BCUT2D eigenvalue weighted by atomic mass is 32.1. The van der Waals surface area contributed by atoms with Gasteiger partial charge in [-0.15, -0.1) is 11.3 Å². The van der Waals surface area contributed by atoms with Crippen LogP contribution in [-0.2, 0) is 0 Å². The number of anilines is 1. The zero-order valence-corrected chi connectivity index (χ0v) is 16.9. The molecule has 3 rings (SSSR count). The first-order chi connectivity index (χ1) is 12.8. The minimum absolute atomic E-state index is 0.258. The van der Waals surface area contributed by atoms with Crippen molar-refractivity contribution in [1.82, 2.24) is 0 Å². The molecule has 1 saturated carbocycles. The molecule has 0 aliphatic heterocycles. The van der Waals surface area contributed by atoms with Crippen LogP contribution in [-0.4, -0.2) is 17.0 Å². The third-order valence-corrected chi connectivity index (χ3v) is 6.60. The quantitative estimate of drug-likeness (QED) is 0.676. The van der Waals surface area contributed by atoms with Gasteiger partial charge in [0.15, 0.2) is 0 Å². The van der Waals surface area contributed by atoms with Crippen LogP contribution in [0.25, 0.3) is 0 Å². The number of carboxylic acid groups (broad SMARTS) is 1. The van der Waals surface area contributed by atoms with Crippen molar-refractivity contribution in [3.8, 4) is 0 Å². The maximum Gasteiger partial charge on any atom is 0.339 e. The molecule has 0 unspecified atom stereocenters. The largest absolute Gasteiger partial charge is 0.478 e. The summed E-state index contributed by atoms with van der Waals surface area (Å²) < 4.78 is 0. The van der Waals surface area contributed by atoms with E-state index in [4.69, 9.17) is 0 Å². The molecule has 0 bridgehead atoms. The van der Waals surface area contributed by atoms with Crippen LogP contribution >= 0.6 is 11.3 Å². The van der Waals surface area contributed by atoms with E-state index in [1.165, 1.54) is 11.3 Å². The molecule has 2 aromatic rings. The second-order valence-electron chi connectivity index (χ2n) is 8.44. The molecule has 1 amide bonds. The number of hydrogen-bond acceptors (Lipinski definition) is 3. The fraction of sp³-hybridized carbons (Fsp3) is 0.455. The molecule has 1 aliphatic rings. The van der Waals surface area contributed by atoms with Gasteiger partial charge >= 0.3 is 5.97 Å². The monoisotopic (exact) mass is 385 g/mol. The van der Waals surface area contributed by atoms with E-state index < -0.39 is 5.97 Å². The van der Waals surface area contributed by atoms with Crippen LogP contribution in [0, 0.1) is 11.3 Å². The molecule has 4 nitrogen and oxygen atoms in total. The summed E-state index contributed by atoms with van der Waals surface area (Å²) in [6.45, 7) is 6.84. The highest BCUT2D eigenvalue weighted by molar-refractivity contribution is 7.15. The lowest BCUT2D eigenvalue weighted by Gasteiger charge is -2.37. The summed E-state index contributed by atoms with van der Waals surface area (Å²) in [7, 11) is 0. The second kappa shape index (κ2) is 7.85. The third kappa shape index (κ3) is 4.41. The molecule has 1 aliphatic carbocycles.